The van der Waals surface area contributed by atoms with Crippen LogP contribution in [0.5, 0.6) is 0 Å². The molecule has 0 N–H and O–H groups in total. The number of halogens is 2. The van der Waals surface area contributed by atoms with Crippen LogP contribution >= 0.6 is 0 Å². The molecule has 0 spiro atoms. The minimum absolute atomic E-state index is 0.0537. The van der Waals surface area contributed by atoms with Crippen LogP contribution in [-0.4, -0.2) is 5.78 Å². The van der Waals surface area contributed by atoms with Gasteiger partial charge in [0.25, 0.3) is 0 Å². The summed E-state index contributed by atoms with van der Waals surface area (Å²) >= 11 is 0. The fourth-order valence-electron chi connectivity index (χ4n) is 1.93. The number of hydrogen-bond donors (Lipinski definition) is 0. The molecule has 0 saturated heterocycles. The molecule has 1 aromatic rings. The van der Waals surface area contributed by atoms with Gasteiger partial charge in [0.15, 0.2) is 5.78 Å². The third kappa shape index (κ3) is 2.35. The highest BCUT2D eigenvalue weighted by Crippen LogP contribution is 2.22. The van der Waals surface area contributed by atoms with Gasteiger partial charge in [-0.3, -0.25) is 4.79 Å². The Hall–Kier alpha value is -1.51. The highest BCUT2D eigenvalue weighted by atomic mass is 19.1. The number of hydrogen-bond acceptors (Lipinski definition) is 1. The van der Waals surface area contributed by atoms with Gasteiger partial charge >= 0.3 is 0 Å². The molecule has 0 atom stereocenters. The number of rotatable bonds is 2. The Kier molecular flexibility index (Phi) is 3.13. The van der Waals surface area contributed by atoms with Crippen LogP contribution in [-0.2, 0) is 11.2 Å². The monoisotopic (exact) mass is 222 g/mol. The van der Waals surface area contributed by atoms with Crippen LogP contribution < -0.4 is 0 Å². The average molecular weight is 222 g/mol. The summed E-state index contributed by atoms with van der Waals surface area (Å²) in [6.45, 7) is 0. The molecule has 0 aromatic heterocycles. The summed E-state index contributed by atoms with van der Waals surface area (Å²) in [6.07, 6.45) is 3.79. The molecule has 0 radical (unpaired) electrons. The smallest absolute Gasteiger partial charge is 0.155 e. The van der Waals surface area contributed by atoms with Gasteiger partial charge in [0.2, 0.25) is 0 Å². The molecule has 1 aliphatic rings. The van der Waals surface area contributed by atoms with Crippen LogP contribution in [0, 0.1) is 11.6 Å². The van der Waals surface area contributed by atoms with E-state index in [-0.39, 0.29) is 17.8 Å². The predicted octanol–water partition coefficient (Wildman–Crippen LogP) is 3.19. The quantitative estimate of drug-likeness (QED) is 0.751. The van der Waals surface area contributed by atoms with Gasteiger partial charge in [-0.15, -0.1) is 0 Å². The van der Waals surface area contributed by atoms with Crippen molar-refractivity contribution in [3.05, 3.63) is 47.0 Å². The van der Waals surface area contributed by atoms with Gasteiger partial charge in [0, 0.05) is 12.0 Å². The van der Waals surface area contributed by atoms with E-state index in [1.165, 1.54) is 24.3 Å². The largest absolute Gasteiger partial charge is 0.295 e. The maximum absolute atomic E-state index is 13.4. The molecule has 0 saturated carbocycles. The summed E-state index contributed by atoms with van der Waals surface area (Å²) in [4.78, 5) is 11.2. The van der Waals surface area contributed by atoms with Gasteiger partial charge in [-0.25, -0.2) is 8.78 Å². The van der Waals surface area contributed by atoms with Crippen LogP contribution in [0.15, 0.2) is 29.8 Å². The van der Waals surface area contributed by atoms with Gasteiger partial charge < -0.3 is 0 Å². The first-order valence-corrected chi connectivity index (χ1v) is 5.32. The molecule has 3 heteroatoms. The molecule has 0 heterocycles. The summed E-state index contributed by atoms with van der Waals surface area (Å²) in [5, 5.41) is 0. The van der Waals surface area contributed by atoms with Gasteiger partial charge in [0.05, 0.1) is 0 Å². The van der Waals surface area contributed by atoms with Crippen molar-refractivity contribution in [2.45, 2.75) is 25.7 Å². The molecule has 0 bridgehead atoms. The van der Waals surface area contributed by atoms with E-state index in [0.29, 0.717) is 6.42 Å². The van der Waals surface area contributed by atoms with E-state index in [1.54, 1.807) is 0 Å². The molecular weight excluding hydrogens is 210 g/mol. The lowest BCUT2D eigenvalue weighted by Crippen LogP contribution is -2.06. The standard InChI is InChI=1S/C13H12F2O/c14-12-5-2-6-13(15)11(12)8-9-3-1-4-10(16)7-9/h2,5-7H,1,3-4,8H2. The van der Waals surface area contributed by atoms with Crippen molar-refractivity contribution in [1.82, 2.24) is 0 Å². The normalized spacial score (nSPS) is 16.1. The van der Waals surface area contributed by atoms with E-state index in [9.17, 15) is 13.6 Å². The van der Waals surface area contributed by atoms with E-state index in [1.807, 2.05) is 0 Å². The van der Waals surface area contributed by atoms with Crippen molar-refractivity contribution in [2.24, 2.45) is 0 Å². The Balaban J connectivity index is 2.24. The second kappa shape index (κ2) is 4.56. The maximum Gasteiger partial charge on any atom is 0.155 e. The van der Waals surface area contributed by atoms with Gasteiger partial charge in [-0.1, -0.05) is 11.6 Å². The zero-order valence-electron chi connectivity index (χ0n) is 8.80. The third-order valence-electron chi connectivity index (χ3n) is 2.75. The summed E-state index contributed by atoms with van der Waals surface area (Å²) in [6, 6.07) is 3.82. The topological polar surface area (TPSA) is 17.1 Å². The van der Waals surface area contributed by atoms with Crippen LogP contribution in [0.1, 0.15) is 24.8 Å². The van der Waals surface area contributed by atoms with E-state index in [2.05, 4.69) is 0 Å². The maximum atomic E-state index is 13.4. The van der Waals surface area contributed by atoms with Crippen LogP contribution in [0.4, 0.5) is 8.78 Å². The van der Waals surface area contributed by atoms with E-state index >= 15 is 0 Å². The van der Waals surface area contributed by atoms with E-state index in [4.69, 9.17) is 0 Å². The van der Waals surface area contributed by atoms with Crippen LogP contribution in [0.3, 0.4) is 0 Å². The Morgan fingerprint density at radius 2 is 1.81 bits per heavy atom. The van der Waals surface area contributed by atoms with Gasteiger partial charge in [-0.2, -0.15) is 0 Å². The molecule has 1 nitrogen and oxygen atoms in total. The number of benzene rings is 1. The molecule has 1 aromatic carbocycles. The van der Waals surface area contributed by atoms with Crippen molar-refractivity contribution in [3.63, 3.8) is 0 Å². The van der Waals surface area contributed by atoms with Crippen LogP contribution in [0.2, 0.25) is 0 Å². The zero-order valence-corrected chi connectivity index (χ0v) is 8.80. The molecule has 0 amide bonds. The second-order valence-electron chi connectivity index (χ2n) is 4.00. The number of carbonyl (C=O) groups is 1. The first-order valence-electron chi connectivity index (χ1n) is 5.32. The Morgan fingerprint density at radius 3 is 2.44 bits per heavy atom. The molecule has 16 heavy (non-hydrogen) atoms. The van der Waals surface area contributed by atoms with Crippen molar-refractivity contribution in [1.29, 1.82) is 0 Å². The Bertz CT molecular complexity index is 429. The first-order chi connectivity index (χ1) is 7.66. The summed E-state index contributed by atoms with van der Waals surface area (Å²) < 4.78 is 26.7. The fraction of sp³-hybridized carbons (Fsp3) is 0.308. The summed E-state index contributed by atoms with van der Waals surface area (Å²) in [5.41, 5.74) is 0.878. The van der Waals surface area contributed by atoms with Crippen molar-refractivity contribution >= 4 is 5.78 Å². The lowest BCUT2D eigenvalue weighted by molar-refractivity contribution is -0.115. The third-order valence-corrected chi connectivity index (χ3v) is 2.75. The number of carbonyl (C=O) groups excluding carboxylic acids is 1. The summed E-state index contributed by atoms with van der Waals surface area (Å²) in [5.74, 6) is -1.03. The minimum atomic E-state index is -0.543. The summed E-state index contributed by atoms with van der Waals surface area (Å²) in [7, 11) is 0. The first kappa shape index (κ1) is 11.0. The van der Waals surface area contributed by atoms with Gasteiger partial charge in [0.1, 0.15) is 11.6 Å². The van der Waals surface area contributed by atoms with Gasteiger partial charge in [-0.05, 0) is 37.5 Å². The van der Waals surface area contributed by atoms with Crippen molar-refractivity contribution < 1.29 is 13.6 Å². The molecule has 0 aliphatic heterocycles. The molecular formula is C13H12F2O. The fourth-order valence-corrected chi connectivity index (χ4v) is 1.93. The molecule has 0 unspecified atom stereocenters. The van der Waals surface area contributed by atoms with E-state index in [0.717, 1.165) is 18.4 Å². The second-order valence-corrected chi connectivity index (χ2v) is 4.00. The Morgan fingerprint density at radius 1 is 1.12 bits per heavy atom. The highest BCUT2D eigenvalue weighted by molar-refractivity contribution is 5.91. The van der Waals surface area contributed by atoms with Crippen LogP contribution in [0.25, 0.3) is 0 Å². The zero-order chi connectivity index (χ0) is 11.5. The molecule has 84 valence electrons. The minimum Gasteiger partial charge on any atom is -0.295 e. The lowest BCUT2D eigenvalue weighted by atomic mass is 9.93. The molecule has 2 rings (SSSR count). The molecule has 0 fully saturated rings. The average Bonchev–Trinajstić information content (AvgIpc) is 2.24. The van der Waals surface area contributed by atoms with E-state index < -0.39 is 11.6 Å². The number of allylic oxidation sites excluding steroid dienone is 2. The predicted molar refractivity (Wildman–Crippen MR) is 57.0 cm³/mol. The number of ketones is 1. The highest BCUT2D eigenvalue weighted by Gasteiger charge is 2.14. The SMILES string of the molecule is O=C1C=C(Cc2c(F)cccc2F)CCC1. The van der Waals surface area contributed by atoms with Crippen molar-refractivity contribution in [3.8, 4) is 0 Å². The van der Waals surface area contributed by atoms with Crippen molar-refractivity contribution in [2.75, 3.05) is 0 Å². The molecule has 1 aliphatic carbocycles. The lowest BCUT2D eigenvalue weighted by Gasteiger charge is -2.12. The Labute approximate surface area is 92.8 Å².